The highest BCUT2D eigenvalue weighted by Crippen LogP contribution is 2.22. The molecule has 0 radical (unpaired) electrons. The van der Waals surface area contributed by atoms with Crippen molar-refractivity contribution in [1.29, 1.82) is 0 Å². The average molecular weight is 296 g/mol. The van der Waals surface area contributed by atoms with Crippen LogP contribution in [0.4, 0.5) is 0 Å². The number of hydrogen-bond donors (Lipinski definition) is 0. The van der Waals surface area contributed by atoms with E-state index < -0.39 is 0 Å². The fourth-order valence-corrected chi connectivity index (χ4v) is 2.26. The summed E-state index contributed by atoms with van der Waals surface area (Å²) in [5.74, 6) is 0.653. The van der Waals surface area contributed by atoms with Gasteiger partial charge in [0.05, 0.1) is 17.6 Å². The maximum atomic E-state index is 12.6. The Kier molecular flexibility index (Phi) is 4.21. The molecular weight excluding hydrogens is 280 g/mol. The van der Waals surface area contributed by atoms with Crippen LogP contribution in [0.1, 0.15) is 0 Å². The van der Waals surface area contributed by atoms with E-state index in [9.17, 15) is 4.79 Å². The highest BCUT2D eigenvalue weighted by atomic mass is 16.5. The minimum absolute atomic E-state index is 0.0455. The Morgan fingerprint density at radius 3 is 2.64 bits per heavy atom. The molecule has 4 nitrogen and oxygen atoms in total. The molecule has 0 amide bonds. The Hall–Kier alpha value is -2.59. The number of rotatable bonds is 5. The molecule has 0 unspecified atom stereocenters. The van der Waals surface area contributed by atoms with Gasteiger partial charge in [-0.05, 0) is 17.7 Å². The molecule has 0 saturated heterocycles. The van der Waals surface area contributed by atoms with Crippen LogP contribution in [0, 0.1) is 0 Å². The normalized spacial score (nSPS) is 10.8. The second-order valence-electron chi connectivity index (χ2n) is 4.84. The molecule has 0 fully saturated rings. The summed E-state index contributed by atoms with van der Waals surface area (Å²) in [5.41, 5.74) is 1.87. The van der Waals surface area contributed by atoms with E-state index in [-0.39, 0.29) is 5.43 Å². The fraction of sp³-hybridized carbons (Fsp3) is 0.167. The quantitative estimate of drug-likeness (QED) is 0.676. The number of ether oxygens (including phenoxy) is 2. The Labute approximate surface area is 127 Å². The lowest BCUT2D eigenvalue weighted by molar-refractivity contribution is 0.146. The van der Waals surface area contributed by atoms with Crippen molar-refractivity contribution in [3.8, 4) is 16.9 Å². The first kappa shape index (κ1) is 14.4. The van der Waals surface area contributed by atoms with Crippen LogP contribution < -0.4 is 10.2 Å². The van der Waals surface area contributed by atoms with Crippen molar-refractivity contribution in [2.75, 3.05) is 20.3 Å². The SMILES string of the molecule is COCCOc1ccc2c(=O)c(-c3ccccc3)coc2c1. The van der Waals surface area contributed by atoms with Crippen molar-refractivity contribution < 1.29 is 13.9 Å². The summed E-state index contributed by atoms with van der Waals surface area (Å²) in [5, 5.41) is 0.542. The molecule has 0 saturated carbocycles. The van der Waals surface area contributed by atoms with Crippen molar-refractivity contribution in [2.45, 2.75) is 0 Å². The van der Waals surface area contributed by atoms with Crippen LogP contribution in [0.2, 0.25) is 0 Å². The van der Waals surface area contributed by atoms with E-state index in [1.807, 2.05) is 30.3 Å². The summed E-state index contributed by atoms with van der Waals surface area (Å²) in [4.78, 5) is 12.6. The monoisotopic (exact) mass is 296 g/mol. The molecule has 1 aromatic heterocycles. The van der Waals surface area contributed by atoms with Crippen LogP contribution in [0.25, 0.3) is 22.1 Å². The van der Waals surface area contributed by atoms with Gasteiger partial charge in [-0.25, -0.2) is 0 Å². The van der Waals surface area contributed by atoms with Gasteiger partial charge in [0.1, 0.15) is 24.2 Å². The lowest BCUT2D eigenvalue weighted by atomic mass is 10.1. The molecule has 0 aliphatic rings. The van der Waals surface area contributed by atoms with E-state index in [4.69, 9.17) is 13.9 Å². The van der Waals surface area contributed by atoms with Crippen LogP contribution >= 0.6 is 0 Å². The Balaban J connectivity index is 1.98. The molecule has 0 aliphatic carbocycles. The highest BCUT2D eigenvalue weighted by Gasteiger charge is 2.09. The minimum Gasteiger partial charge on any atom is -0.491 e. The highest BCUT2D eigenvalue weighted by molar-refractivity contribution is 5.82. The summed E-state index contributed by atoms with van der Waals surface area (Å²) >= 11 is 0. The smallest absolute Gasteiger partial charge is 0.200 e. The van der Waals surface area contributed by atoms with Crippen molar-refractivity contribution in [2.24, 2.45) is 0 Å². The molecule has 3 aromatic rings. The van der Waals surface area contributed by atoms with Gasteiger partial charge in [0, 0.05) is 13.2 Å². The zero-order chi connectivity index (χ0) is 15.4. The number of methoxy groups -OCH3 is 1. The van der Waals surface area contributed by atoms with Crippen LogP contribution in [-0.4, -0.2) is 20.3 Å². The zero-order valence-electron chi connectivity index (χ0n) is 12.2. The molecule has 0 N–H and O–H groups in total. The Bertz CT molecular complexity index is 821. The second kappa shape index (κ2) is 6.45. The molecule has 0 bridgehead atoms. The van der Waals surface area contributed by atoms with Crippen LogP contribution in [0.3, 0.4) is 0 Å². The Morgan fingerprint density at radius 1 is 1.05 bits per heavy atom. The summed E-state index contributed by atoms with van der Waals surface area (Å²) in [6, 6.07) is 14.7. The van der Waals surface area contributed by atoms with Gasteiger partial charge in [-0.3, -0.25) is 4.79 Å². The van der Waals surface area contributed by atoms with Crippen molar-refractivity contribution in [1.82, 2.24) is 0 Å². The molecule has 4 heteroatoms. The minimum atomic E-state index is -0.0455. The molecule has 0 spiro atoms. The first-order valence-electron chi connectivity index (χ1n) is 7.02. The zero-order valence-corrected chi connectivity index (χ0v) is 12.2. The van der Waals surface area contributed by atoms with Gasteiger partial charge in [0.2, 0.25) is 0 Å². The summed E-state index contributed by atoms with van der Waals surface area (Å²) in [6.07, 6.45) is 1.50. The van der Waals surface area contributed by atoms with Crippen LogP contribution in [0.5, 0.6) is 5.75 Å². The topological polar surface area (TPSA) is 48.7 Å². The largest absolute Gasteiger partial charge is 0.491 e. The maximum absolute atomic E-state index is 12.6. The lowest BCUT2D eigenvalue weighted by Gasteiger charge is -2.07. The van der Waals surface area contributed by atoms with Gasteiger partial charge < -0.3 is 13.9 Å². The van der Waals surface area contributed by atoms with Gasteiger partial charge >= 0.3 is 0 Å². The first-order chi connectivity index (χ1) is 10.8. The summed E-state index contributed by atoms with van der Waals surface area (Å²) in [7, 11) is 1.62. The first-order valence-corrected chi connectivity index (χ1v) is 7.02. The van der Waals surface area contributed by atoms with E-state index >= 15 is 0 Å². The van der Waals surface area contributed by atoms with Crippen LogP contribution in [-0.2, 0) is 4.74 Å². The van der Waals surface area contributed by atoms with Crippen molar-refractivity contribution in [3.63, 3.8) is 0 Å². The van der Waals surface area contributed by atoms with E-state index in [1.54, 1.807) is 25.3 Å². The number of benzene rings is 2. The third-order valence-corrected chi connectivity index (χ3v) is 3.39. The average Bonchev–Trinajstić information content (AvgIpc) is 2.56. The summed E-state index contributed by atoms with van der Waals surface area (Å²) in [6.45, 7) is 0.962. The molecule has 112 valence electrons. The molecule has 1 heterocycles. The third kappa shape index (κ3) is 2.87. The van der Waals surface area contributed by atoms with Crippen molar-refractivity contribution in [3.05, 3.63) is 65.0 Å². The van der Waals surface area contributed by atoms with Crippen LogP contribution in [0.15, 0.2) is 64.0 Å². The standard InChI is InChI=1S/C18H16O4/c1-20-9-10-21-14-7-8-15-17(11-14)22-12-16(18(15)19)13-5-3-2-4-6-13/h2-8,11-12H,9-10H2,1H3. The summed E-state index contributed by atoms with van der Waals surface area (Å²) < 4.78 is 16.1. The predicted octanol–water partition coefficient (Wildman–Crippen LogP) is 3.49. The predicted molar refractivity (Wildman–Crippen MR) is 85.3 cm³/mol. The van der Waals surface area contributed by atoms with E-state index in [0.717, 1.165) is 5.56 Å². The van der Waals surface area contributed by atoms with E-state index in [0.29, 0.717) is 35.5 Å². The van der Waals surface area contributed by atoms with Gasteiger partial charge in [0.15, 0.2) is 5.43 Å². The third-order valence-electron chi connectivity index (χ3n) is 3.39. The number of fused-ring (bicyclic) bond motifs is 1. The van der Waals surface area contributed by atoms with Crippen molar-refractivity contribution >= 4 is 11.0 Å². The van der Waals surface area contributed by atoms with Gasteiger partial charge in [-0.2, -0.15) is 0 Å². The van der Waals surface area contributed by atoms with E-state index in [2.05, 4.69) is 0 Å². The fourth-order valence-electron chi connectivity index (χ4n) is 2.26. The van der Waals surface area contributed by atoms with Gasteiger partial charge in [-0.15, -0.1) is 0 Å². The second-order valence-corrected chi connectivity index (χ2v) is 4.84. The molecule has 22 heavy (non-hydrogen) atoms. The molecular formula is C18H16O4. The Morgan fingerprint density at radius 2 is 1.86 bits per heavy atom. The van der Waals surface area contributed by atoms with E-state index in [1.165, 1.54) is 6.26 Å². The molecule has 0 atom stereocenters. The molecule has 0 aliphatic heterocycles. The maximum Gasteiger partial charge on any atom is 0.200 e. The lowest BCUT2D eigenvalue weighted by Crippen LogP contribution is -2.06. The number of hydrogen-bond acceptors (Lipinski definition) is 4. The van der Waals surface area contributed by atoms with Gasteiger partial charge in [-0.1, -0.05) is 30.3 Å². The molecule has 3 rings (SSSR count). The van der Waals surface area contributed by atoms with Gasteiger partial charge in [0.25, 0.3) is 0 Å². The molecule has 2 aromatic carbocycles.